The van der Waals surface area contributed by atoms with E-state index in [1.165, 1.54) is 0 Å². The molecule has 0 aromatic carbocycles. The lowest BCUT2D eigenvalue weighted by atomic mass is 10.2. The van der Waals surface area contributed by atoms with Gasteiger partial charge >= 0.3 is 0 Å². The van der Waals surface area contributed by atoms with E-state index >= 15 is 0 Å². The molecule has 66 valence electrons. The third kappa shape index (κ3) is 2.38. The molecule has 0 fully saturated rings. The number of rotatable bonds is 3. The molecule has 0 radical (unpaired) electrons. The molecule has 0 aliphatic rings. The average Bonchev–Trinajstić information content (AvgIpc) is 2.51. The Labute approximate surface area is 71.9 Å². The Morgan fingerprint density at radius 3 is 3.00 bits per heavy atom. The fraction of sp³-hybridized carbons (Fsp3) is 0.500. The predicted molar refractivity (Wildman–Crippen MR) is 48.8 cm³/mol. The van der Waals surface area contributed by atoms with E-state index in [1.54, 1.807) is 12.5 Å². The van der Waals surface area contributed by atoms with Gasteiger partial charge < -0.3 is 10.7 Å². The van der Waals surface area contributed by atoms with Gasteiger partial charge in [0.25, 0.3) is 0 Å². The number of hydrogen-bond acceptors (Lipinski definition) is 2. The van der Waals surface area contributed by atoms with Crippen LogP contribution in [-0.2, 0) is 6.54 Å². The molecule has 12 heavy (non-hydrogen) atoms. The zero-order valence-electron chi connectivity index (χ0n) is 7.41. The summed E-state index contributed by atoms with van der Waals surface area (Å²) in [5, 5.41) is 0. The molecule has 1 aromatic heterocycles. The molecule has 0 amide bonds. The first-order chi connectivity index (χ1) is 5.70. The van der Waals surface area contributed by atoms with Crippen molar-refractivity contribution in [2.45, 2.75) is 20.4 Å². The first-order valence-electron chi connectivity index (χ1n) is 3.97. The second-order valence-corrected chi connectivity index (χ2v) is 2.97. The van der Waals surface area contributed by atoms with Crippen LogP contribution in [0.15, 0.2) is 17.5 Å². The van der Waals surface area contributed by atoms with Crippen LogP contribution in [0.4, 0.5) is 0 Å². The number of H-pyrrole nitrogens is 1. The van der Waals surface area contributed by atoms with Gasteiger partial charge in [-0.1, -0.05) is 13.8 Å². The second kappa shape index (κ2) is 3.90. The van der Waals surface area contributed by atoms with Crippen molar-refractivity contribution < 1.29 is 0 Å². The molecular weight excluding hydrogens is 152 g/mol. The zero-order chi connectivity index (χ0) is 8.97. The Bertz CT molecular complexity index is 248. The smallest absolute Gasteiger partial charge is 0.0967 e. The Balaban J connectivity index is 2.49. The van der Waals surface area contributed by atoms with Crippen molar-refractivity contribution in [2.75, 3.05) is 0 Å². The topological polar surface area (TPSA) is 67.1 Å². The normalized spacial score (nSPS) is 12.4. The standard InChI is InChI=1S/C8H14N4/c1-6(2)8(9)11-4-7-3-10-5-12-7/h3,5-6H,4H2,1-2H3,(H2,9,11)(H,10,12). The van der Waals surface area contributed by atoms with Gasteiger partial charge in [0.05, 0.1) is 24.4 Å². The van der Waals surface area contributed by atoms with Gasteiger partial charge in [0, 0.05) is 12.1 Å². The molecule has 0 spiro atoms. The Morgan fingerprint density at radius 1 is 1.75 bits per heavy atom. The SMILES string of the molecule is CC(C)C(N)=NCc1cnc[nH]1. The Morgan fingerprint density at radius 2 is 2.50 bits per heavy atom. The van der Waals surface area contributed by atoms with Crippen molar-refractivity contribution >= 4 is 5.84 Å². The lowest BCUT2D eigenvalue weighted by molar-refractivity contribution is 0.851. The fourth-order valence-electron chi connectivity index (χ4n) is 0.730. The van der Waals surface area contributed by atoms with Gasteiger partial charge in [-0.25, -0.2) is 4.98 Å². The molecule has 0 aliphatic heterocycles. The maximum absolute atomic E-state index is 5.65. The summed E-state index contributed by atoms with van der Waals surface area (Å²) >= 11 is 0. The molecule has 0 saturated heterocycles. The number of aromatic nitrogens is 2. The molecule has 3 N–H and O–H groups in total. The molecule has 4 nitrogen and oxygen atoms in total. The molecular formula is C8H14N4. The van der Waals surface area contributed by atoms with Crippen LogP contribution >= 0.6 is 0 Å². The van der Waals surface area contributed by atoms with Crippen LogP contribution in [0.3, 0.4) is 0 Å². The number of imidazole rings is 1. The van der Waals surface area contributed by atoms with Gasteiger partial charge in [-0.15, -0.1) is 0 Å². The largest absolute Gasteiger partial charge is 0.387 e. The molecule has 0 saturated carbocycles. The molecule has 0 aliphatic carbocycles. The van der Waals surface area contributed by atoms with Crippen molar-refractivity contribution in [3.8, 4) is 0 Å². The minimum Gasteiger partial charge on any atom is -0.387 e. The second-order valence-electron chi connectivity index (χ2n) is 2.97. The lowest BCUT2D eigenvalue weighted by Gasteiger charge is -2.02. The number of nitrogens with one attached hydrogen (secondary N) is 1. The van der Waals surface area contributed by atoms with Crippen molar-refractivity contribution in [1.82, 2.24) is 9.97 Å². The molecule has 4 heteroatoms. The number of aromatic amines is 1. The van der Waals surface area contributed by atoms with Crippen molar-refractivity contribution in [2.24, 2.45) is 16.6 Å². The lowest BCUT2D eigenvalue weighted by Crippen LogP contribution is -2.18. The van der Waals surface area contributed by atoms with Gasteiger partial charge in [0.2, 0.25) is 0 Å². The molecule has 1 rings (SSSR count). The maximum Gasteiger partial charge on any atom is 0.0967 e. The Kier molecular flexibility index (Phi) is 2.85. The van der Waals surface area contributed by atoms with E-state index in [1.807, 2.05) is 13.8 Å². The summed E-state index contributed by atoms with van der Waals surface area (Å²) in [5.74, 6) is 0.998. The quantitative estimate of drug-likeness (QED) is 0.518. The van der Waals surface area contributed by atoms with Gasteiger partial charge in [0.1, 0.15) is 0 Å². The van der Waals surface area contributed by atoms with Crippen LogP contribution in [0.25, 0.3) is 0 Å². The van der Waals surface area contributed by atoms with Gasteiger partial charge in [-0.05, 0) is 0 Å². The average molecular weight is 166 g/mol. The van der Waals surface area contributed by atoms with Crippen molar-refractivity contribution in [1.29, 1.82) is 0 Å². The van der Waals surface area contributed by atoms with Crippen LogP contribution < -0.4 is 5.73 Å². The highest BCUT2D eigenvalue weighted by Gasteiger charge is 1.98. The van der Waals surface area contributed by atoms with Crippen LogP contribution in [0.1, 0.15) is 19.5 Å². The Hall–Kier alpha value is -1.32. The van der Waals surface area contributed by atoms with Gasteiger partial charge in [-0.3, -0.25) is 4.99 Å². The molecule has 1 aromatic rings. The summed E-state index contributed by atoms with van der Waals surface area (Å²) in [7, 11) is 0. The third-order valence-electron chi connectivity index (χ3n) is 1.58. The van der Waals surface area contributed by atoms with Gasteiger partial charge in [-0.2, -0.15) is 0 Å². The monoisotopic (exact) mass is 166 g/mol. The molecule has 0 atom stereocenters. The van der Waals surface area contributed by atoms with E-state index in [-0.39, 0.29) is 0 Å². The summed E-state index contributed by atoms with van der Waals surface area (Å²) in [4.78, 5) is 11.0. The summed E-state index contributed by atoms with van der Waals surface area (Å²) in [5.41, 5.74) is 6.63. The first-order valence-corrected chi connectivity index (χ1v) is 3.97. The summed E-state index contributed by atoms with van der Waals surface area (Å²) in [6.45, 7) is 4.63. The van der Waals surface area contributed by atoms with E-state index in [2.05, 4.69) is 15.0 Å². The predicted octanol–water partition coefficient (Wildman–Crippen LogP) is 0.923. The van der Waals surface area contributed by atoms with Crippen molar-refractivity contribution in [3.05, 3.63) is 18.2 Å². The number of hydrogen-bond donors (Lipinski definition) is 2. The first kappa shape index (κ1) is 8.77. The summed E-state index contributed by atoms with van der Waals surface area (Å²) in [6.07, 6.45) is 3.38. The highest BCUT2D eigenvalue weighted by atomic mass is 14.9. The zero-order valence-corrected chi connectivity index (χ0v) is 7.41. The third-order valence-corrected chi connectivity index (χ3v) is 1.58. The van der Waals surface area contributed by atoms with Crippen molar-refractivity contribution in [3.63, 3.8) is 0 Å². The summed E-state index contributed by atoms with van der Waals surface area (Å²) in [6, 6.07) is 0. The molecule has 0 bridgehead atoms. The van der Waals surface area contributed by atoms with Crippen LogP contribution in [-0.4, -0.2) is 15.8 Å². The number of aliphatic imine (C=N–C) groups is 1. The van der Waals surface area contributed by atoms with Crippen LogP contribution in [0.5, 0.6) is 0 Å². The molecule has 1 heterocycles. The summed E-state index contributed by atoms with van der Waals surface area (Å²) < 4.78 is 0. The van der Waals surface area contributed by atoms with E-state index < -0.39 is 0 Å². The maximum atomic E-state index is 5.65. The molecule has 0 unspecified atom stereocenters. The minimum absolute atomic E-state index is 0.313. The van der Waals surface area contributed by atoms with Crippen LogP contribution in [0, 0.1) is 5.92 Å². The van der Waals surface area contributed by atoms with E-state index in [4.69, 9.17) is 5.73 Å². The number of nitrogens with two attached hydrogens (primary N) is 1. The number of amidine groups is 1. The number of nitrogens with zero attached hydrogens (tertiary/aromatic N) is 2. The minimum atomic E-state index is 0.313. The van der Waals surface area contributed by atoms with E-state index in [9.17, 15) is 0 Å². The fourth-order valence-corrected chi connectivity index (χ4v) is 0.730. The van der Waals surface area contributed by atoms with E-state index in [0.29, 0.717) is 18.3 Å². The highest BCUT2D eigenvalue weighted by molar-refractivity contribution is 5.82. The van der Waals surface area contributed by atoms with E-state index in [0.717, 1.165) is 5.69 Å². The van der Waals surface area contributed by atoms with Gasteiger partial charge in [0.15, 0.2) is 0 Å². The van der Waals surface area contributed by atoms with Crippen LogP contribution in [0.2, 0.25) is 0 Å². The highest BCUT2D eigenvalue weighted by Crippen LogP contribution is 1.97.